The normalized spacial score (nSPS) is 18.0. The number of hydrogen-bond acceptors (Lipinski definition) is 5. The average molecular weight is 408 g/mol. The molecule has 0 unspecified atom stereocenters. The van der Waals surface area contributed by atoms with Crippen LogP contribution in [0.25, 0.3) is 0 Å². The topological polar surface area (TPSA) is 63.2 Å². The number of nitrogens with one attached hydrogen (secondary N) is 1. The van der Waals surface area contributed by atoms with Crippen LogP contribution in [0.2, 0.25) is 0 Å². The minimum absolute atomic E-state index is 0.287. The van der Waals surface area contributed by atoms with Crippen LogP contribution in [0.4, 0.5) is 10.5 Å². The molecule has 30 heavy (non-hydrogen) atoms. The van der Waals surface area contributed by atoms with Crippen LogP contribution in [0.1, 0.15) is 49.3 Å². The van der Waals surface area contributed by atoms with Crippen LogP contribution in [0.3, 0.4) is 0 Å². The fraction of sp³-hybridized carbons (Fsp3) is 0.417. The van der Waals surface area contributed by atoms with Gasteiger partial charge in [-0.05, 0) is 30.5 Å². The molecular weight excluding hydrogens is 378 g/mol. The molecule has 0 atom stereocenters. The highest BCUT2D eigenvalue weighted by atomic mass is 16.7. The van der Waals surface area contributed by atoms with Gasteiger partial charge in [0.1, 0.15) is 5.60 Å². The monoisotopic (exact) mass is 407 g/mol. The van der Waals surface area contributed by atoms with Gasteiger partial charge in [-0.25, -0.2) is 4.79 Å². The number of benzene rings is 2. The van der Waals surface area contributed by atoms with E-state index in [4.69, 9.17) is 9.68 Å². The minimum atomic E-state index is -0.446. The Morgan fingerprint density at radius 2 is 1.90 bits per heavy atom. The van der Waals surface area contributed by atoms with Crippen LogP contribution in [0, 0.1) is 6.92 Å². The molecule has 158 valence electrons. The summed E-state index contributed by atoms with van der Waals surface area (Å²) in [5.74, 6) is 0. The zero-order valence-electron chi connectivity index (χ0n) is 17.7. The largest absolute Gasteiger partial charge is 0.430 e. The number of carbonyl (C=O) groups excluding carboxylic acids is 1. The molecule has 0 bridgehead atoms. The SMILES string of the molecule is CCCc1ccccc1NC(=O)ON1CCC2(CC1)CC(c1ccc(C)cc1)=NO2. The molecule has 2 aliphatic rings. The molecule has 2 aliphatic heterocycles. The first-order valence-electron chi connectivity index (χ1n) is 10.7. The van der Waals surface area contributed by atoms with Gasteiger partial charge in [0.25, 0.3) is 0 Å². The van der Waals surface area contributed by atoms with Gasteiger partial charge in [-0.2, -0.15) is 0 Å². The summed E-state index contributed by atoms with van der Waals surface area (Å²) < 4.78 is 0. The zero-order valence-corrected chi connectivity index (χ0v) is 17.7. The second-order valence-corrected chi connectivity index (χ2v) is 8.19. The average Bonchev–Trinajstić information content (AvgIpc) is 3.16. The molecule has 6 heteroatoms. The van der Waals surface area contributed by atoms with Crippen molar-refractivity contribution in [2.75, 3.05) is 18.4 Å². The van der Waals surface area contributed by atoms with Crippen molar-refractivity contribution >= 4 is 17.5 Å². The molecular formula is C24H29N3O3. The van der Waals surface area contributed by atoms with Gasteiger partial charge in [0.15, 0.2) is 0 Å². The van der Waals surface area contributed by atoms with Crippen molar-refractivity contribution in [1.29, 1.82) is 0 Å². The third kappa shape index (κ3) is 4.65. The minimum Gasteiger partial charge on any atom is -0.388 e. The molecule has 6 nitrogen and oxygen atoms in total. The summed E-state index contributed by atoms with van der Waals surface area (Å²) in [6, 6.07) is 16.2. The Hall–Kier alpha value is -2.86. The Morgan fingerprint density at radius 1 is 1.17 bits per heavy atom. The number of rotatable bonds is 5. The van der Waals surface area contributed by atoms with Gasteiger partial charge < -0.3 is 9.68 Å². The van der Waals surface area contributed by atoms with E-state index in [1.807, 2.05) is 24.3 Å². The predicted molar refractivity (Wildman–Crippen MR) is 117 cm³/mol. The van der Waals surface area contributed by atoms with E-state index in [-0.39, 0.29) is 5.60 Å². The van der Waals surface area contributed by atoms with Crippen molar-refractivity contribution in [3.05, 3.63) is 65.2 Å². The Labute approximate surface area is 177 Å². The Balaban J connectivity index is 1.28. The smallest absolute Gasteiger partial charge is 0.388 e. The van der Waals surface area contributed by atoms with E-state index in [1.54, 1.807) is 5.06 Å². The van der Waals surface area contributed by atoms with E-state index in [0.29, 0.717) is 13.1 Å². The highest BCUT2D eigenvalue weighted by molar-refractivity contribution is 6.01. The summed E-state index contributed by atoms with van der Waals surface area (Å²) in [7, 11) is 0. The van der Waals surface area contributed by atoms with E-state index in [1.165, 1.54) is 5.56 Å². The predicted octanol–water partition coefficient (Wildman–Crippen LogP) is 5.07. The van der Waals surface area contributed by atoms with E-state index in [0.717, 1.165) is 54.6 Å². The van der Waals surface area contributed by atoms with Gasteiger partial charge in [-0.1, -0.05) is 66.5 Å². The highest BCUT2D eigenvalue weighted by Crippen LogP contribution is 2.36. The highest BCUT2D eigenvalue weighted by Gasteiger charge is 2.43. The summed E-state index contributed by atoms with van der Waals surface area (Å²) in [6.45, 7) is 5.45. The third-order valence-electron chi connectivity index (χ3n) is 5.84. The maximum atomic E-state index is 12.4. The number of piperidine rings is 1. The second kappa shape index (κ2) is 8.88. The van der Waals surface area contributed by atoms with E-state index >= 15 is 0 Å². The Bertz CT molecular complexity index is 916. The molecule has 1 saturated heterocycles. The molecule has 1 spiro atoms. The fourth-order valence-electron chi connectivity index (χ4n) is 4.06. The van der Waals surface area contributed by atoms with Gasteiger partial charge in [0, 0.05) is 38.0 Å². The van der Waals surface area contributed by atoms with Crippen molar-refractivity contribution in [2.45, 2.75) is 51.6 Å². The first-order chi connectivity index (χ1) is 14.6. The van der Waals surface area contributed by atoms with Crippen molar-refractivity contribution in [3.63, 3.8) is 0 Å². The summed E-state index contributed by atoms with van der Waals surface area (Å²) in [6.07, 6.45) is 3.83. The number of carbonyl (C=O) groups is 1. The summed E-state index contributed by atoms with van der Waals surface area (Å²) in [4.78, 5) is 23.8. The third-order valence-corrected chi connectivity index (χ3v) is 5.84. The lowest BCUT2D eigenvalue weighted by Crippen LogP contribution is -2.45. The van der Waals surface area contributed by atoms with Gasteiger partial charge in [0.05, 0.1) is 5.71 Å². The number of anilines is 1. The molecule has 2 aromatic rings. The maximum Gasteiger partial charge on any atom is 0.430 e. The quantitative estimate of drug-likeness (QED) is 0.752. The molecule has 0 aromatic heterocycles. The van der Waals surface area contributed by atoms with E-state index in [9.17, 15) is 4.79 Å². The van der Waals surface area contributed by atoms with Crippen molar-refractivity contribution < 1.29 is 14.5 Å². The van der Waals surface area contributed by atoms with Gasteiger partial charge >= 0.3 is 6.09 Å². The molecule has 2 aromatic carbocycles. The molecule has 0 saturated carbocycles. The van der Waals surface area contributed by atoms with Crippen molar-refractivity contribution in [1.82, 2.24) is 5.06 Å². The second-order valence-electron chi connectivity index (χ2n) is 8.19. The lowest BCUT2D eigenvalue weighted by Gasteiger charge is -2.35. The van der Waals surface area contributed by atoms with Gasteiger partial charge in [-0.3, -0.25) is 5.32 Å². The van der Waals surface area contributed by atoms with Crippen LogP contribution in [-0.4, -0.2) is 35.6 Å². The number of aryl methyl sites for hydroxylation is 2. The van der Waals surface area contributed by atoms with Crippen molar-refractivity contribution in [3.8, 4) is 0 Å². The molecule has 0 radical (unpaired) electrons. The maximum absolute atomic E-state index is 12.4. The molecule has 1 amide bonds. The van der Waals surface area contributed by atoms with Crippen LogP contribution < -0.4 is 5.32 Å². The Kier molecular flexibility index (Phi) is 6.04. The standard InChI is InChI=1S/C24H29N3O3/c1-3-6-19-7-4-5-8-21(19)25-23(28)29-27-15-13-24(14-16-27)17-22(26-30-24)20-11-9-18(2)10-12-20/h4-5,7-12H,3,6,13-17H2,1-2H3,(H,25,28). The van der Waals surface area contributed by atoms with Crippen LogP contribution in [0.5, 0.6) is 0 Å². The molecule has 2 heterocycles. The number of hydroxylamine groups is 2. The van der Waals surface area contributed by atoms with Crippen LogP contribution in [0.15, 0.2) is 53.7 Å². The number of nitrogens with zero attached hydrogens (tertiary/aromatic N) is 2. The molecule has 1 N–H and O–H groups in total. The summed E-state index contributed by atoms with van der Waals surface area (Å²) >= 11 is 0. The van der Waals surface area contributed by atoms with Gasteiger partial charge in [0.2, 0.25) is 0 Å². The lowest BCUT2D eigenvalue weighted by atomic mass is 9.86. The first-order valence-corrected chi connectivity index (χ1v) is 10.7. The number of hydrogen-bond donors (Lipinski definition) is 1. The fourth-order valence-corrected chi connectivity index (χ4v) is 4.06. The number of para-hydroxylation sites is 1. The van der Waals surface area contributed by atoms with E-state index < -0.39 is 6.09 Å². The lowest BCUT2D eigenvalue weighted by molar-refractivity contribution is -0.154. The summed E-state index contributed by atoms with van der Waals surface area (Å²) in [5, 5.41) is 8.96. The van der Waals surface area contributed by atoms with Crippen molar-refractivity contribution in [2.24, 2.45) is 5.16 Å². The number of amides is 1. The summed E-state index contributed by atoms with van der Waals surface area (Å²) in [5.41, 5.74) is 4.98. The van der Waals surface area contributed by atoms with Crippen LogP contribution >= 0.6 is 0 Å². The number of oxime groups is 1. The van der Waals surface area contributed by atoms with E-state index in [2.05, 4.69) is 48.6 Å². The zero-order chi connectivity index (χ0) is 21.0. The molecule has 0 aliphatic carbocycles. The molecule has 4 rings (SSSR count). The Morgan fingerprint density at radius 3 is 2.63 bits per heavy atom. The van der Waals surface area contributed by atoms with Gasteiger partial charge in [-0.15, -0.1) is 5.06 Å². The molecule has 1 fully saturated rings. The first kappa shape index (κ1) is 20.4. The van der Waals surface area contributed by atoms with Crippen LogP contribution in [-0.2, 0) is 16.1 Å².